The highest BCUT2D eigenvalue weighted by atomic mass is 79.9. The Balaban J connectivity index is 0.00000210. The summed E-state index contributed by atoms with van der Waals surface area (Å²) in [5.41, 5.74) is 3.94. The number of rotatable bonds is 6. The number of ether oxygens (including phenoxy) is 1. The summed E-state index contributed by atoms with van der Waals surface area (Å²) in [7, 11) is 1.66. The van der Waals surface area contributed by atoms with Crippen molar-refractivity contribution in [1.29, 1.82) is 0 Å². The zero-order valence-electron chi connectivity index (χ0n) is 15.0. The minimum atomic E-state index is 0. The molecule has 0 radical (unpaired) electrons. The minimum absolute atomic E-state index is 0. The van der Waals surface area contributed by atoms with Crippen LogP contribution in [0.25, 0.3) is 17.2 Å². The smallest absolute Gasteiger partial charge is 0.234 e. The van der Waals surface area contributed by atoms with E-state index in [1.807, 2.05) is 40.9 Å². The number of nitrogens with zero attached hydrogens (tertiary/aromatic N) is 4. The quantitative estimate of drug-likeness (QED) is 0.445. The Morgan fingerprint density at radius 3 is 2.74 bits per heavy atom. The van der Waals surface area contributed by atoms with Crippen molar-refractivity contribution in [2.45, 2.75) is 19.8 Å². The lowest BCUT2D eigenvalue weighted by atomic mass is 10.2. The van der Waals surface area contributed by atoms with E-state index in [1.165, 1.54) is 0 Å². The highest BCUT2D eigenvalue weighted by molar-refractivity contribution is 8.93. The first kappa shape index (κ1) is 19.3. The summed E-state index contributed by atoms with van der Waals surface area (Å²) in [6.07, 6.45) is 5.68. The molecular weight excluding hydrogens is 426 g/mol. The van der Waals surface area contributed by atoms with Crippen LogP contribution in [-0.2, 0) is 6.42 Å². The number of fused-ring (bicyclic) bond motifs is 1. The fourth-order valence-electron chi connectivity index (χ4n) is 2.85. The second-order valence-corrected chi connectivity index (χ2v) is 6.70. The SMILES string of the molecule is Br.CCCc1nc2ncccn2c1-c1csc(Nc2ccc(OC)cc2)n1. The standard InChI is InChI=1S/C19H19N5OS.BrH/c1-3-5-15-17(24-11-4-10-20-18(24)22-15)16-12-26-19(23-16)21-13-6-8-14(25-2)9-7-13;/h4,6-12H,3,5H2,1-2H3,(H,21,23);1H. The summed E-state index contributed by atoms with van der Waals surface area (Å²) < 4.78 is 7.20. The van der Waals surface area contributed by atoms with Gasteiger partial charge in [0.1, 0.15) is 11.4 Å². The monoisotopic (exact) mass is 445 g/mol. The maximum Gasteiger partial charge on any atom is 0.234 e. The Labute approximate surface area is 172 Å². The van der Waals surface area contributed by atoms with E-state index in [4.69, 9.17) is 9.72 Å². The molecular formula is C19H20BrN5OS. The Morgan fingerprint density at radius 1 is 1.19 bits per heavy atom. The average molecular weight is 446 g/mol. The number of thiazole rings is 1. The van der Waals surface area contributed by atoms with Gasteiger partial charge in [-0.3, -0.25) is 4.40 Å². The molecule has 0 amide bonds. The fraction of sp³-hybridized carbons (Fsp3) is 0.211. The molecule has 1 aromatic carbocycles. The molecule has 4 aromatic rings. The summed E-state index contributed by atoms with van der Waals surface area (Å²) in [6.45, 7) is 2.15. The van der Waals surface area contributed by atoms with E-state index >= 15 is 0 Å². The van der Waals surface area contributed by atoms with E-state index in [1.54, 1.807) is 24.6 Å². The number of anilines is 2. The van der Waals surface area contributed by atoms with Gasteiger partial charge in [0.2, 0.25) is 5.78 Å². The highest BCUT2D eigenvalue weighted by Crippen LogP contribution is 2.30. The van der Waals surface area contributed by atoms with Crippen LogP contribution in [0, 0.1) is 0 Å². The lowest BCUT2D eigenvalue weighted by molar-refractivity contribution is 0.415. The molecule has 4 rings (SSSR count). The van der Waals surface area contributed by atoms with Crippen LogP contribution in [-0.4, -0.2) is 26.5 Å². The zero-order valence-corrected chi connectivity index (χ0v) is 17.6. The van der Waals surface area contributed by atoms with Gasteiger partial charge in [-0.2, -0.15) is 0 Å². The van der Waals surface area contributed by atoms with Crippen LogP contribution in [0.5, 0.6) is 5.75 Å². The fourth-order valence-corrected chi connectivity index (χ4v) is 3.57. The summed E-state index contributed by atoms with van der Waals surface area (Å²) >= 11 is 1.57. The van der Waals surface area contributed by atoms with Gasteiger partial charge in [-0.15, -0.1) is 28.3 Å². The van der Waals surface area contributed by atoms with Gasteiger partial charge in [0.05, 0.1) is 18.5 Å². The molecule has 0 fully saturated rings. The van der Waals surface area contributed by atoms with Gasteiger partial charge >= 0.3 is 0 Å². The van der Waals surface area contributed by atoms with E-state index in [-0.39, 0.29) is 17.0 Å². The molecule has 0 spiro atoms. The molecule has 0 unspecified atom stereocenters. The zero-order chi connectivity index (χ0) is 17.9. The van der Waals surface area contributed by atoms with Gasteiger partial charge in [0, 0.05) is 23.5 Å². The first-order chi connectivity index (χ1) is 12.8. The van der Waals surface area contributed by atoms with Gasteiger partial charge < -0.3 is 10.1 Å². The van der Waals surface area contributed by atoms with E-state index in [2.05, 4.69) is 27.6 Å². The molecule has 0 aliphatic carbocycles. The van der Waals surface area contributed by atoms with Crippen molar-refractivity contribution < 1.29 is 4.74 Å². The van der Waals surface area contributed by atoms with Crippen molar-refractivity contribution >= 4 is 44.9 Å². The normalized spacial score (nSPS) is 10.6. The largest absolute Gasteiger partial charge is 0.497 e. The summed E-state index contributed by atoms with van der Waals surface area (Å²) in [5.74, 6) is 1.54. The molecule has 3 heterocycles. The number of aryl methyl sites for hydroxylation is 1. The first-order valence-corrected chi connectivity index (χ1v) is 9.35. The van der Waals surface area contributed by atoms with Crippen LogP contribution >= 0.6 is 28.3 Å². The number of methoxy groups -OCH3 is 1. The van der Waals surface area contributed by atoms with Crippen molar-refractivity contribution in [3.63, 3.8) is 0 Å². The third kappa shape index (κ3) is 3.96. The Hall–Kier alpha value is -2.45. The van der Waals surface area contributed by atoms with Gasteiger partial charge in [0.25, 0.3) is 0 Å². The van der Waals surface area contributed by atoms with Crippen LogP contribution in [0.1, 0.15) is 19.0 Å². The first-order valence-electron chi connectivity index (χ1n) is 8.47. The predicted molar refractivity (Wildman–Crippen MR) is 115 cm³/mol. The molecule has 0 aliphatic rings. The lowest BCUT2D eigenvalue weighted by Crippen LogP contribution is -1.94. The second-order valence-electron chi connectivity index (χ2n) is 5.84. The number of imidazole rings is 1. The van der Waals surface area contributed by atoms with E-state index < -0.39 is 0 Å². The van der Waals surface area contributed by atoms with Crippen LogP contribution in [0.15, 0.2) is 48.1 Å². The number of halogens is 1. The lowest BCUT2D eigenvalue weighted by Gasteiger charge is -2.04. The topological polar surface area (TPSA) is 64.3 Å². The number of aromatic nitrogens is 4. The molecule has 8 heteroatoms. The predicted octanol–water partition coefficient (Wildman–Crippen LogP) is 5.14. The highest BCUT2D eigenvalue weighted by Gasteiger charge is 2.17. The molecule has 140 valence electrons. The van der Waals surface area contributed by atoms with Crippen molar-refractivity contribution in [3.8, 4) is 17.1 Å². The average Bonchev–Trinajstić information content (AvgIpc) is 3.26. The Bertz CT molecular complexity index is 1030. The van der Waals surface area contributed by atoms with Gasteiger partial charge in [-0.25, -0.2) is 15.0 Å². The molecule has 27 heavy (non-hydrogen) atoms. The van der Waals surface area contributed by atoms with E-state index in [9.17, 15) is 0 Å². The number of hydrogen-bond acceptors (Lipinski definition) is 6. The van der Waals surface area contributed by atoms with Gasteiger partial charge in [-0.05, 0) is 36.8 Å². The van der Waals surface area contributed by atoms with Crippen LogP contribution < -0.4 is 10.1 Å². The molecule has 3 aromatic heterocycles. The van der Waals surface area contributed by atoms with E-state index in [0.717, 1.165) is 46.5 Å². The minimum Gasteiger partial charge on any atom is -0.497 e. The van der Waals surface area contributed by atoms with Crippen LogP contribution in [0.4, 0.5) is 10.8 Å². The second kappa shape index (κ2) is 8.49. The summed E-state index contributed by atoms with van der Waals surface area (Å²) in [4.78, 5) is 13.8. The summed E-state index contributed by atoms with van der Waals surface area (Å²) in [5, 5.41) is 6.24. The molecule has 0 atom stereocenters. The van der Waals surface area contributed by atoms with Crippen LogP contribution in [0.3, 0.4) is 0 Å². The molecule has 1 N–H and O–H groups in total. The van der Waals surface area contributed by atoms with Crippen molar-refractivity contribution in [2.75, 3.05) is 12.4 Å². The maximum atomic E-state index is 5.19. The van der Waals surface area contributed by atoms with Crippen molar-refractivity contribution in [1.82, 2.24) is 19.4 Å². The molecule has 0 saturated heterocycles. The third-order valence-corrected chi connectivity index (χ3v) is 4.81. The molecule has 0 aliphatic heterocycles. The molecule has 6 nitrogen and oxygen atoms in total. The number of nitrogens with one attached hydrogen (secondary N) is 1. The van der Waals surface area contributed by atoms with Crippen molar-refractivity contribution in [3.05, 3.63) is 53.8 Å². The Kier molecular flexibility index (Phi) is 6.08. The Morgan fingerprint density at radius 2 is 2.00 bits per heavy atom. The number of benzene rings is 1. The van der Waals surface area contributed by atoms with E-state index in [0.29, 0.717) is 5.78 Å². The third-order valence-electron chi connectivity index (χ3n) is 4.05. The summed E-state index contributed by atoms with van der Waals surface area (Å²) in [6, 6.07) is 9.70. The van der Waals surface area contributed by atoms with Crippen molar-refractivity contribution in [2.24, 2.45) is 0 Å². The van der Waals surface area contributed by atoms with Gasteiger partial charge in [-0.1, -0.05) is 13.3 Å². The molecule has 0 bridgehead atoms. The maximum absolute atomic E-state index is 5.19. The number of hydrogen-bond donors (Lipinski definition) is 1. The van der Waals surface area contributed by atoms with Gasteiger partial charge in [0.15, 0.2) is 5.13 Å². The van der Waals surface area contributed by atoms with Crippen LogP contribution in [0.2, 0.25) is 0 Å². The molecule has 0 saturated carbocycles.